The molecule has 0 aliphatic carbocycles. The van der Waals surface area contributed by atoms with E-state index in [1.807, 2.05) is 39.2 Å². The van der Waals surface area contributed by atoms with Crippen LogP contribution in [0.2, 0.25) is 0 Å². The molecule has 0 aromatic heterocycles. The maximum absolute atomic E-state index is 11.8. The van der Waals surface area contributed by atoms with Crippen molar-refractivity contribution in [1.82, 2.24) is 5.32 Å². The highest BCUT2D eigenvalue weighted by Crippen LogP contribution is 2.21. The molecule has 0 saturated heterocycles. The van der Waals surface area contributed by atoms with Crippen LogP contribution in [-0.4, -0.2) is 30.4 Å². The summed E-state index contributed by atoms with van der Waals surface area (Å²) in [4.78, 5) is 23.3. The molecule has 1 rings (SSSR count). The molecule has 0 fully saturated rings. The van der Waals surface area contributed by atoms with E-state index in [0.29, 0.717) is 6.42 Å². The molecule has 0 radical (unpaired) electrons. The van der Waals surface area contributed by atoms with Crippen molar-refractivity contribution in [2.24, 2.45) is 0 Å². The van der Waals surface area contributed by atoms with E-state index >= 15 is 0 Å². The first-order valence-corrected chi connectivity index (χ1v) is 7.96. The maximum atomic E-state index is 11.8. The number of thioether (sulfide) groups is 1. The van der Waals surface area contributed by atoms with E-state index in [0.717, 1.165) is 22.6 Å². The molecule has 0 aliphatic rings. The largest absolute Gasteiger partial charge is 0.347 e. The molecule has 2 N–H and O–H groups in total. The van der Waals surface area contributed by atoms with Gasteiger partial charge in [-0.25, -0.2) is 0 Å². The summed E-state index contributed by atoms with van der Waals surface area (Å²) in [7, 11) is 0. The fourth-order valence-electron chi connectivity index (χ4n) is 2.02. The molecule has 0 heterocycles. The van der Waals surface area contributed by atoms with Gasteiger partial charge in [0, 0.05) is 17.9 Å². The number of hydrogen-bond acceptors (Lipinski definition) is 3. The van der Waals surface area contributed by atoms with Gasteiger partial charge in [0.2, 0.25) is 11.8 Å². The van der Waals surface area contributed by atoms with Crippen LogP contribution in [0.15, 0.2) is 12.1 Å². The fraction of sp³-hybridized carbons (Fsp3) is 0.467. The summed E-state index contributed by atoms with van der Waals surface area (Å²) in [6, 6.07) is 4.05. The molecule has 2 amide bonds. The van der Waals surface area contributed by atoms with Crippen molar-refractivity contribution in [2.75, 3.05) is 23.9 Å². The molecule has 1 aromatic rings. The Morgan fingerprint density at radius 2 is 1.70 bits per heavy atom. The number of benzene rings is 1. The van der Waals surface area contributed by atoms with Crippen LogP contribution in [-0.2, 0) is 9.59 Å². The van der Waals surface area contributed by atoms with E-state index in [9.17, 15) is 9.59 Å². The monoisotopic (exact) mass is 294 g/mol. The first-order chi connectivity index (χ1) is 9.43. The fourth-order valence-corrected chi connectivity index (χ4v) is 2.41. The number of rotatable bonds is 6. The summed E-state index contributed by atoms with van der Waals surface area (Å²) in [6.07, 6.45) is 2.39. The Kier molecular flexibility index (Phi) is 6.58. The minimum atomic E-state index is -0.197. The molecule has 0 atom stereocenters. The zero-order valence-corrected chi connectivity index (χ0v) is 13.3. The van der Waals surface area contributed by atoms with E-state index < -0.39 is 0 Å². The van der Waals surface area contributed by atoms with Crippen molar-refractivity contribution < 1.29 is 9.59 Å². The molecular weight excluding hydrogens is 272 g/mol. The van der Waals surface area contributed by atoms with Gasteiger partial charge in [-0.15, -0.1) is 0 Å². The summed E-state index contributed by atoms with van der Waals surface area (Å²) in [5.41, 5.74) is 4.07. The topological polar surface area (TPSA) is 58.2 Å². The van der Waals surface area contributed by atoms with Crippen LogP contribution in [0.5, 0.6) is 0 Å². The Bertz CT molecular complexity index is 478. The summed E-state index contributed by atoms with van der Waals surface area (Å²) in [6.45, 7) is 5.97. The van der Waals surface area contributed by atoms with Gasteiger partial charge in [-0.05, 0) is 38.2 Å². The minimum Gasteiger partial charge on any atom is -0.347 e. The molecule has 20 heavy (non-hydrogen) atoms. The lowest BCUT2D eigenvalue weighted by atomic mass is 10.1. The molecule has 4 nitrogen and oxygen atoms in total. The van der Waals surface area contributed by atoms with Gasteiger partial charge in [0.05, 0.1) is 6.54 Å². The molecule has 0 spiro atoms. The summed E-state index contributed by atoms with van der Waals surface area (Å²) in [5, 5.41) is 5.48. The van der Waals surface area contributed by atoms with Crippen LogP contribution in [0.25, 0.3) is 0 Å². The van der Waals surface area contributed by atoms with Crippen LogP contribution >= 0.6 is 11.8 Å². The standard InChI is InChI=1S/C15H22N2O2S/c1-10-7-11(2)15(12(3)8-10)17-14(19)9-16-13(18)5-6-20-4/h7-8H,5-6,9H2,1-4H3,(H,16,18)(H,17,19). The minimum absolute atomic E-state index is 0.0139. The van der Waals surface area contributed by atoms with Gasteiger partial charge >= 0.3 is 0 Å². The van der Waals surface area contributed by atoms with E-state index in [1.165, 1.54) is 5.56 Å². The average molecular weight is 294 g/mol. The highest BCUT2D eigenvalue weighted by molar-refractivity contribution is 7.98. The second-order valence-electron chi connectivity index (χ2n) is 4.84. The van der Waals surface area contributed by atoms with Gasteiger partial charge in [-0.1, -0.05) is 17.7 Å². The Morgan fingerprint density at radius 3 is 2.25 bits per heavy atom. The highest BCUT2D eigenvalue weighted by Gasteiger charge is 2.09. The number of amides is 2. The van der Waals surface area contributed by atoms with Crippen LogP contribution in [0.3, 0.4) is 0 Å². The van der Waals surface area contributed by atoms with E-state index in [2.05, 4.69) is 10.6 Å². The SMILES string of the molecule is CSCCC(=O)NCC(=O)Nc1c(C)cc(C)cc1C. The third kappa shape index (κ3) is 5.25. The zero-order chi connectivity index (χ0) is 15.1. The van der Waals surface area contributed by atoms with Crippen LogP contribution in [0.4, 0.5) is 5.69 Å². The summed E-state index contributed by atoms with van der Waals surface area (Å²) in [5.74, 6) is 0.480. The molecule has 1 aromatic carbocycles. The lowest BCUT2D eigenvalue weighted by Gasteiger charge is -2.13. The zero-order valence-electron chi connectivity index (χ0n) is 12.5. The maximum Gasteiger partial charge on any atom is 0.243 e. The molecular formula is C15H22N2O2S. The normalized spacial score (nSPS) is 10.2. The number of aryl methyl sites for hydroxylation is 3. The second-order valence-corrected chi connectivity index (χ2v) is 5.83. The van der Waals surface area contributed by atoms with Crippen molar-refractivity contribution in [3.63, 3.8) is 0 Å². The highest BCUT2D eigenvalue weighted by atomic mass is 32.2. The van der Waals surface area contributed by atoms with Crippen LogP contribution in [0, 0.1) is 20.8 Å². The summed E-state index contributed by atoms with van der Waals surface area (Å²) < 4.78 is 0. The predicted molar refractivity (Wildman–Crippen MR) is 85.3 cm³/mol. The predicted octanol–water partition coefficient (Wildman–Crippen LogP) is 2.42. The average Bonchev–Trinajstić information content (AvgIpc) is 2.38. The van der Waals surface area contributed by atoms with Crippen molar-refractivity contribution in [2.45, 2.75) is 27.2 Å². The van der Waals surface area contributed by atoms with Crippen LogP contribution in [0.1, 0.15) is 23.1 Å². The third-order valence-electron chi connectivity index (χ3n) is 2.92. The lowest BCUT2D eigenvalue weighted by Crippen LogP contribution is -2.33. The van der Waals surface area contributed by atoms with Gasteiger partial charge in [0.1, 0.15) is 0 Å². The second kappa shape index (κ2) is 7.94. The third-order valence-corrected chi connectivity index (χ3v) is 3.53. The Hall–Kier alpha value is -1.49. The van der Waals surface area contributed by atoms with Gasteiger partial charge in [-0.3, -0.25) is 9.59 Å². The number of carbonyl (C=O) groups excluding carboxylic acids is 2. The number of anilines is 1. The number of nitrogens with one attached hydrogen (secondary N) is 2. The first-order valence-electron chi connectivity index (χ1n) is 6.57. The summed E-state index contributed by atoms with van der Waals surface area (Å²) >= 11 is 1.61. The smallest absolute Gasteiger partial charge is 0.243 e. The number of hydrogen-bond donors (Lipinski definition) is 2. The molecule has 0 saturated carbocycles. The molecule has 0 bridgehead atoms. The molecule has 110 valence electrons. The first kappa shape index (κ1) is 16.6. The van der Waals surface area contributed by atoms with Crippen molar-refractivity contribution in [3.8, 4) is 0 Å². The van der Waals surface area contributed by atoms with Gasteiger partial charge < -0.3 is 10.6 Å². The van der Waals surface area contributed by atoms with E-state index in [4.69, 9.17) is 0 Å². The van der Waals surface area contributed by atoms with Crippen molar-refractivity contribution in [3.05, 3.63) is 28.8 Å². The van der Waals surface area contributed by atoms with E-state index in [1.54, 1.807) is 11.8 Å². The Labute approximate surface area is 124 Å². The van der Waals surface area contributed by atoms with Gasteiger partial charge in [0.15, 0.2) is 0 Å². The quantitative estimate of drug-likeness (QED) is 0.847. The van der Waals surface area contributed by atoms with Gasteiger partial charge in [-0.2, -0.15) is 11.8 Å². The van der Waals surface area contributed by atoms with Gasteiger partial charge in [0.25, 0.3) is 0 Å². The Balaban J connectivity index is 2.53. The molecule has 5 heteroatoms. The lowest BCUT2D eigenvalue weighted by molar-refractivity contribution is -0.123. The Morgan fingerprint density at radius 1 is 1.10 bits per heavy atom. The van der Waals surface area contributed by atoms with Crippen molar-refractivity contribution in [1.29, 1.82) is 0 Å². The number of carbonyl (C=O) groups is 2. The van der Waals surface area contributed by atoms with E-state index in [-0.39, 0.29) is 18.4 Å². The molecule has 0 aliphatic heterocycles. The van der Waals surface area contributed by atoms with Crippen molar-refractivity contribution >= 4 is 29.3 Å². The molecule has 0 unspecified atom stereocenters. The van der Waals surface area contributed by atoms with Crippen LogP contribution < -0.4 is 10.6 Å².